The minimum Gasteiger partial charge on any atom is -0.356 e. The fraction of sp³-hybridized carbons (Fsp3) is 0.562. The SMILES string of the molecule is Cc1ccc(S(=O)(=O)CCC(=O)NCCCC(C)C)cc1. The van der Waals surface area contributed by atoms with Crippen LogP contribution in [0.3, 0.4) is 0 Å². The number of rotatable bonds is 8. The van der Waals surface area contributed by atoms with E-state index < -0.39 is 9.84 Å². The Labute approximate surface area is 127 Å². The van der Waals surface area contributed by atoms with Crippen molar-refractivity contribution in [2.24, 2.45) is 5.92 Å². The number of hydrogen-bond donors (Lipinski definition) is 1. The highest BCUT2D eigenvalue weighted by Gasteiger charge is 2.16. The van der Waals surface area contributed by atoms with Crippen LogP contribution in [0.2, 0.25) is 0 Å². The van der Waals surface area contributed by atoms with Gasteiger partial charge in [0.15, 0.2) is 9.84 Å². The van der Waals surface area contributed by atoms with E-state index in [-0.39, 0.29) is 23.0 Å². The van der Waals surface area contributed by atoms with Crippen LogP contribution in [0.1, 0.15) is 38.7 Å². The molecule has 0 radical (unpaired) electrons. The van der Waals surface area contributed by atoms with Gasteiger partial charge in [-0.2, -0.15) is 0 Å². The van der Waals surface area contributed by atoms with Gasteiger partial charge < -0.3 is 5.32 Å². The smallest absolute Gasteiger partial charge is 0.221 e. The number of sulfone groups is 1. The number of amides is 1. The lowest BCUT2D eigenvalue weighted by atomic mass is 10.1. The molecular formula is C16H25NO3S. The molecule has 1 aromatic carbocycles. The molecule has 4 nitrogen and oxygen atoms in total. The first-order valence-electron chi connectivity index (χ1n) is 7.37. The third kappa shape index (κ3) is 6.76. The van der Waals surface area contributed by atoms with E-state index in [1.54, 1.807) is 24.3 Å². The van der Waals surface area contributed by atoms with Gasteiger partial charge in [0.25, 0.3) is 0 Å². The van der Waals surface area contributed by atoms with Crippen LogP contribution >= 0.6 is 0 Å². The van der Waals surface area contributed by atoms with Gasteiger partial charge in [0.2, 0.25) is 5.91 Å². The summed E-state index contributed by atoms with van der Waals surface area (Å²) in [7, 11) is -3.38. The van der Waals surface area contributed by atoms with Gasteiger partial charge >= 0.3 is 0 Å². The molecule has 0 aliphatic carbocycles. The molecule has 1 amide bonds. The zero-order valence-electron chi connectivity index (χ0n) is 13.1. The van der Waals surface area contributed by atoms with E-state index >= 15 is 0 Å². The van der Waals surface area contributed by atoms with Crippen LogP contribution < -0.4 is 5.32 Å². The summed E-state index contributed by atoms with van der Waals surface area (Å²) in [5.74, 6) is 0.268. The minimum atomic E-state index is -3.38. The van der Waals surface area contributed by atoms with Gasteiger partial charge in [-0.15, -0.1) is 0 Å². The Morgan fingerprint density at radius 2 is 1.81 bits per heavy atom. The lowest BCUT2D eigenvalue weighted by Crippen LogP contribution is -2.26. The summed E-state index contributed by atoms with van der Waals surface area (Å²) in [6.45, 7) is 6.79. The quantitative estimate of drug-likeness (QED) is 0.751. The molecule has 0 atom stereocenters. The average molecular weight is 311 g/mol. The van der Waals surface area contributed by atoms with Crippen LogP contribution in [-0.4, -0.2) is 26.6 Å². The maximum Gasteiger partial charge on any atom is 0.221 e. The molecular weight excluding hydrogens is 286 g/mol. The van der Waals surface area contributed by atoms with E-state index in [1.807, 2.05) is 6.92 Å². The van der Waals surface area contributed by atoms with Gasteiger partial charge in [0, 0.05) is 13.0 Å². The van der Waals surface area contributed by atoms with E-state index in [9.17, 15) is 13.2 Å². The normalized spacial score (nSPS) is 11.6. The molecule has 0 bridgehead atoms. The fourth-order valence-electron chi connectivity index (χ4n) is 1.92. The maximum atomic E-state index is 12.1. The van der Waals surface area contributed by atoms with Gasteiger partial charge in [-0.25, -0.2) is 8.42 Å². The third-order valence-electron chi connectivity index (χ3n) is 3.26. The number of benzene rings is 1. The Morgan fingerprint density at radius 1 is 1.19 bits per heavy atom. The lowest BCUT2D eigenvalue weighted by Gasteiger charge is -2.07. The lowest BCUT2D eigenvalue weighted by molar-refractivity contribution is -0.120. The summed E-state index contributed by atoms with van der Waals surface area (Å²) in [6, 6.07) is 6.70. The number of carbonyl (C=O) groups is 1. The zero-order valence-corrected chi connectivity index (χ0v) is 13.9. The Kier molecular flexibility index (Phi) is 6.89. The topological polar surface area (TPSA) is 63.2 Å². The highest BCUT2D eigenvalue weighted by molar-refractivity contribution is 7.91. The van der Waals surface area contributed by atoms with Crippen molar-refractivity contribution in [1.29, 1.82) is 0 Å². The molecule has 0 aliphatic heterocycles. The molecule has 0 spiro atoms. The zero-order chi connectivity index (χ0) is 15.9. The highest BCUT2D eigenvalue weighted by atomic mass is 32.2. The van der Waals surface area contributed by atoms with Crippen molar-refractivity contribution in [2.75, 3.05) is 12.3 Å². The van der Waals surface area contributed by atoms with E-state index in [4.69, 9.17) is 0 Å². The minimum absolute atomic E-state index is 0.0118. The molecule has 0 aromatic heterocycles. The molecule has 21 heavy (non-hydrogen) atoms. The molecule has 0 unspecified atom stereocenters. The predicted octanol–water partition coefficient (Wildman–Crippen LogP) is 2.71. The van der Waals surface area contributed by atoms with Crippen molar-refractivity contribution >= 4 is 15.7 Å². The highest BCUT2D eigenvalue weighted by Crippen LogP contribution is 2.13. The molecule has 1 rings (SSSR count). The molecule has 0 saturated carbocycles. The molecule has 118 valence electrons. The third-order valence-corrected chi connectivity index (χ3v) is 4.99. The van der Waals surface area contributed by atoms with Crippen molar-refractivity contribution in [2.45, 2.75) is 44.9 Å². The molecule has 1 aromatic rings. The molecule has 0 heterocycles. The molecule has 0 saturated heterocycles. The summed E-state index contributed by atoms with van der Waals surface area (Å²) in [4.78, 5) is 11.9. The van der Waals surface area contributed by atoms with Crippen molar-refractivity contribution < 1.29 is 13.2 Å². The van der Waals surface area contributed by atoms with Crippen LogP contribution in [-0.2, 0) is 14.6 Å². The second-order valence-corrected chi connectivity index (χ2v) is 7.88. The summed E-state index contributed by atoms with van der Waals surface area (Å²) in [5, 5.41) is 2.77. The number of aryl methyl sites for hydroxylation is 1. The fourth-order valence-corrected chi connectivity index (χ4v) is 3.16. The monoisotopic (exact) mass is 311 g/mol. The van der Waals surface area contributed by atoms with E-state index in [0.29, 0.717) is 12.5 Å². The maximum absolute atomic E-state index is 12.1. The molecule has 0 aliphatic rings. The second-order valence-electron chi connectivity index (χ2n) is 5.77. The predicted molar refractivity (Wildman–Crippen MR) is 84.9 cm³/mol. The Morgan fingerprint density at radius 3 is 2.38 bits per heavy atom. The van der Waals surface area contributed by atoms with Gasteiger partial charge in [0.05, 0.1) is 10.6 Å². The summed E-state index contributed by atoms with van der Waals surface area (Å²) >= 11 is 0. The molecule has 1 N–H and O–H groups in total. The van der Waals surface area contributed by atoms with Crippen molar-refractivity contribution in [3.63, 3.8) is 0 Å². The number of nitrogens with one attached hydrogen (secondary N) is 1. The second kappa shape index (κ2) is 8.17. The first kappa shape index (κ1) is 17.7. The van der Waals surface area contributed by atoms with E-state index in [1.165, 1.54) is 0 Å². The standard InChI is InChI=1S/C16H25NO3S/c1-13(2)5-4-11-17-16(18)10-12-21(19,20)15-8-6-14(3)7-9-15/h6-9,13H,4-5,10-12H2,1-3H3,(H,17,18). The van der Waals surface area contributed by atoms with Crippen molar-refractivity contribution in [1.82, 2.24) is 5.32 Å². The van der Waals surface area contributed by atoms with E-state index in [2.05, 4.69) is 19.2 Å². The van der Waals surface area contributed by atoms with Crippen molar-refractivity contribution in [3.05, 3.63) is 29.8 Å². The Hall–Kier alpha value is -1.36. The molecule has 0 fully saturated rings. The van der Waals surface area contributed by atoms with Crippen LogP contribution in [0.15, 0.2) is 29.2 Å². The summed E-state index contributed by atoms with van der Waals surface area (Å²) in [6.07, 6.45) is 1.99. The summed E-state index contributed by atoms with van der Waals surface area (Å²) < 4.78 is 24.2. The van der Waals surface area contributed by atoms with Crippen LogP contribution in [0.5, 0.6) is 0 Å². The van der Waals surface area contributed by atoms with Crippen LogP contribution in [0.25, 0.3) is 0 Å². The average Bonchev–Trinajstić information content (AvgIpc) is 2.42. The largest absolute Gasteiger partial charge is 0.356 e. The van der Waals surface area contributed by atoms with Gasteiger partial charge in [-0.3, -0.25) is 4.79 Å². The molecule has 5 heteroatoms. The summed E-state index contributed by atoms with van der Waals surface area (Å²) in [5.41, 5.74) is 1.01. The van der Waals surface area contributed by atoms with Crippen LogP contribution in [0, 0.1) is 12.8 Å². The number of carbonyl (C=O) groups excluding carboxylic acids is 1. The first-order chi connectivity index (χ1) is 9.81. The Bertz CT molecular complexity index is 547. The van der Waals surface area contributed by atoms with Gasteiger partial charge in [-0.05, 0) is 37.8 Å². The number of hydrogen-bond acceptors (Lipinski definition) is 3. The van der Waals surface area contributed by atoms with Gasteiger partial charge in [-0.1, -0.05) is 31.5 Å². The van der Waals surface area contributed by atoms with Crippen LogP contribution in [0.4, 0.5) is 0 Å². The van der Waals surface area contributed by atoms with Crippen molar-refractivity contribution in [3.8, 4) is 0 Å². The Balaban J connectivity index is 2.39. The van der Waals surface area contributed by atoms with E-state index in [0.717, 1.165) is 18.4 Å². The van der Waals surface area contributed by atoms with Gasteiger partial charge in [0.1, 0.15) is 0 Å². The first-order valence-corrected chi connectivity index (χ1v) is 9.02.